The van der Waals surface area contributed by atoms with Gasteiger partial charge in [-0.3, -0.25) is 5.10 Å². The zero-order valence-electron chi connectivity index (χ0n) is 15.6. The van der Waals surface area contributed by atoms with Crippen LogP contribution in [0.1, 0.15) is 24.0 Å². The number of anilines is 2. The van der Waals surface area contributed by atoms with Crippen LogP contribution in [0.5, 0.6) is 0 Å². The first-order chi connectivity index (χ1) is 13.6. The quantitative estimate of drug-likeness (QED) is 0.412. The molecule has 0 aliphatic carbocycles. The Hall–Kier alpha value is -3.45. The number of nitrogen functional groups attached to an aromatic ring is 1. The van der Waals surface area contributed by atoms with E-state index in [1.807, 2.05) is 54.6 Å². The van der Waals surface area contributed by atoms with Crippen molar-refractivity contribution in [3.8, 4) is 11.3 Å². The number of nitrogens with zero attached hydrogens (tertiary/aromatic N) is 3. The molecule has 4 rings (SSSR count). The van der Waals surface area contributed by atoms with E-state index in [2.05, 4.69) is 32.6 Å². The summed E-state index contributed by atoms with van der Waals surface area (Å²) in [6.45, 7) is 2.95. The molecule has 1 unspecified atom stereocenters. The Morgan fingerprint density at radius 2 is 1.89 bits per heavy atom. The number of rotatable bonds is 6. The summed E-state index contributed by atoms with van der Waals surface area (Å²) in [5.41, 5.74) is 10.6. The topological polar surface area (TPSA) is 113 Å². The highest BCUT2D eigenvalue weighted by Crippen LogP contribution is 2.25. The van der Waals surface area contributed by atoms with E-state index >= 15 is 0 Å². The summed E-state index contributed by atoms with van der Waals surface area (Å²) in [5.74, 6) is 1.51. The Balaban J connectivity index is 1.43. The number of benzene rings is 2. The first-order valence-electron chi connectivity index (χ1n) is 9.15. The first kappa shape index (κ1) is 17.9. The van der Waals surface area contributed by atoms with Gasteiger partial charge in [0.15, 0.2) is 5.82 Å². The van der Waals surface area contributed by atoms with Gasteiger partial charge in [0.25, 0.3) is 0 Å². The minimum atomic E-state index is 0.0645. The Bertz CT molecular complexity index is 1070. The summed E-state index contributed by atoms with van der Waals surface area (Å²) in [7, 11) is 0. The van der Waals surface area contributed by atoms with Gasteiger partial charge in [-0.15, -0.1) is 10.2 Å². The van der Waals surface area contributed by atoms with Crippen molar-refractivity contribution in [1.82, 2.24) is 20.4 Å². The minimum Gasteiger partial charge on any atom is -0.392 e. The highest BCUT2D eigenvalue weighted by Gasteiger charge is 2.08. The van der Waals surface area contributed by atoms with Crippen molar-refractivity contribution in [3.05, 3.63) is 65.7 Å². The van der Waals surface area contributed by atoms with Crippen LogP contribution < -0.4 is 11.1 Å². The molecule has 0 bridgehead atoms. The third-order valence-corrected chi connectivity index (χ3v) is 4.87. The van der Waals surface area contributed by atoms with Gasteiger partial charge in [-0.25, -0.2) is 0 Å². The molecule has 0 fully saturated rings. The molecule has 0 aliphatic rings. The van der Waals surface area contributed by atoms with Crippen LogP contribution in [0.15, 0.2) is 54.6 Å². The largest absolute Gasteiger partial charge is 0.392 e. The SMILES string of the molecule is CC(CNc1ccc(-c2ccc3[nH]nc(N)c3c2)nn1)c1ccc(CO)cc1. The monoisotopic (exact) mass is 374 g/mol. The van der Waals surface area contributed by atoms with Gasteiger partial charge in [0.05, 0.1) is 17.8 Å². The number of aliphatic hydroxyl groups is 1. The highest BCUT2D eigenvalue weighted by molar-refractivity contribution is 5.91. The molecule has 2 heterocycles. The lowest BCUT2D eigenvalue weighted by Crippen LogP contribution is -2.11. The molecule has 0 radical (unpaired) electrons. The predicted octanol–water partition coefficient (Wildman–Crippen LogP) is 3.31. The van der Waals surface area contributed by atoms with Crippen LogP contribution in [0.4, 0.5) is 11.6 Å². The smallest absolute Gasteiger partial charge is 0.153 e. The molecule has 7 heteroatoms. The molecule has 4 aromatic rings. The summed E-state index contributed by atoms with van der Waals surface area (Å²) in [6, 6.07) is 17.7. The lowest BCUT2D eigenvalue weighted by Gasteiger charge is -2.14. The van der Waals surface area contributed by atoms with Crippen LogP contribution in [-0.2, 0) is 6.61 Å². The number of nitrogens with two attached hydrogens (primary N) is 1. The van der Waals surface area contributed by atoms with E-state index in [0.717, 1.165) is 40.1 Å². The standard InChI is InChI=1S/C21H22N6O/c1-13(15-4-2-14(12-28)3-5-15)11-23-20-9-8-18(24-26-20)16-6-7-19-17(10-16)21(22)27-25-19/h2-10,13,28H,11-12H2,1H3,(H,23,26)(H3,22,25,27). The van der Waals surface area contributed by atoms with Gasteiger partial charge < -0.3 is 16.2 Å². The molecular weight excluding hydrogens is 352 g/mol. The first-order valence-corrected chi connectivity index (χ1v) is 9.15. The average Bonchev–Trinajstić information content (AvgIpc) is 3.12. The van der Waals surface area contributed by atoms with Crippen LogP contribution in [0.3, 0.4) is 0 Å². The second kappa shape index (κ2) is 7.66. The second-order valence-electron chi connectivity index (χ2n) is 6.85. The van der Waals surface area contributed by atoms with Gasteiger partial charge in [0.2, 0.25) is 0 Å². The maximum Gasteiger partial charge on any atom is 0.153 e. The Kier molecular flexibility index (Phi) is 4.90. The fraction of sp³-hybridized carbons (Fsp3) is 0.190. The van der Waals surface area contributed by atoms with E-state index in [0.29, 0.717) is 11.7 Å². The summed E-state index contributed by atoms with van der Waals surface area (Å²) >= 11 is 0. The van der Waals surface area contributed by atoms with Crippen molar-refractivity contribution in [1.29, 1.82) is 0 Å². The number of aliphatic hydroxyl groups excluding tert-OH is 1. The molecule has 28 heavy (non-hydrogen) atoms. The lowest BCUT2D eigenvalue weighted by atomic mass is 10.00. The zero-order valence-corrected chi connectivity index (χ0v) is 15.6. The number of hydrogen-bond donors (Lipinski definition) is 4. The van der Waals surface area contributed by atoms with E-state index in [4.69, 9.17) is 10.8 Å². The third-order valence-electron chi connectivity index (χ3n) is 4.87. The molecule has 0 saturated heterocycles. The molecule has 2 aromatic heterocycles. The van der Waals surface area contributed by atoms with E-state index in [1.165, 1.54) is 5.56 Å². The maximum absolute atomic E-state index is 9.14. The van der Waals surface area contributed by atoms with Crippen LogP contribution in [0, 0.1) is 0 Å². The number of H-pyrrole nitrogens is 1. The molecule has 0 saturated carbocycles. The molecule has 7 nitrogen and oxygen atoms in total. The number of fused-ring (bicyclic) bond motifs is 1. The summed E-state index contributed by atoms with van der Waals surface area (Å²) < 4.78 is 0. The van der Waals surface area contributed by atoms with Gasteiger partial charge in [0, 0.05) is 17.5 Å². The Morgan fingerprint density at radius 3 is 2.61 bits per heavy atom. The van der Waals surface area contributed by atoms with Crippen molar-refractivity contribution >= 4 is 22.5 Å². The van der Waals surface area contributed by atoms with Crippen LogP contribution in [0.25, 0.3) is 22.2 Å². The minimum absolute atomic E-state index is 0.0645. The van der Waals surface area contributed by atoms with Crippen LogP contribution >= 0.6 is 0 Å². The molecule has 0 aliphatic heterocycles. The highest BCUT2D eigenvalue weighted by atomic mass is 16.3. The second-order valence-corrected chi connectivity index (χ2v) is 6.85. The fourth-order valence-corrected chi connectivity index (χ4v) is 3.10. The number of aromatic nitrogens is 4. The predicted molar refractivity (Wildman–Crippen MR) is 111 cm³/mol. The number of nitrogens with one attached hydrogen (secondary N) is 2. The van der Waals surface area contributed by atoms with Crippen LogP contribution in [0.2, 0.25) is 0 Å². The van der Waals surface area contributed by atoms with Crippen molar-refractivity contribution in [2.24, 2.45) is 0 Å². The van der Waals surface area contributed by atoms with E-state index < -0.39 is 0 Å². The number of aromatic amines is 1. The summed E-state index contributed by atoms with van der Waals surface area (Å²) in [6.07, 6.45) is 0. The van der Waals surface area contributed by atoms with Gasteiger partial charge in [-0.2, -0.15) is 5.10 Å². The van der Waals surface area contributed by atoms with Crippen molar-refractivity contribution in [2.45, 2.75) is 19.4 Å². The van der Waals surface area contributed by atoms with Crippen molar-refractivity contribution in [2.75, 3.05) is 17.6 Å². The van der Waals surface area contributed by atoms with E-state index in [1.54, 1.807) is 0 Å². The molecule has 1 atom stereocenters. The summed E-state index contributed by atoms with van der Waals surface area (Å²) in [4.78, 5) is 0. The maximum atomic E-state index is 9.14. The van der Waals surface area contributed by atoms with Crippen molar-refractivity contribution in [3.63, 3.8) is 0 Å². The Morgan fingerprint density at radius 1 is 1.07 bits per heavy atom. The van der Waals surface area contributed by atoms with Crippen LogP contribution in [-0.4, -0.2) is 32.0 Å². The molecule has 0 spiro atoms. The van der Waals surface area contributed by atoms with E-state index in [9.17, 15) is 0 Å². The average molecular weight is 374 g/mol. The van der Waals surface area contributed by atoms with Gasteiger partial charge in [-0.05, 0) is 41.3 Å². The Labute approximate surface area is 162 Å². The van der Waals surface area contributed by atoms with E-state index in [-0.39, 0.29) is 6.61 Å². The lowest BCUT2D eigenvalue weighted by molar-refractivity contribution is 0.282. The zero-order chi connectivity index (χ0) is 19.5. The fourth-order valence-electron chi connectivity index (χ4n) is 3.10. The molecular formula is C21H22N6O. The van der Waals surface area contributed by atoms with Crippen molar-refractivity contribution < 1.29 is 5.11 Å². The van der Waals surface area contributed by atoms with Gasteiger partial charge in [-0.1, -0.05) is 37.3 Å². The molecule has 2 aromatic carbocycles. The molecule has 0 amide bonds. The summed E-state index contributed by atoms with van der Waals surface area (Å²) in [5, 5.41) is 28.9. The van der Waals surface area contributed by atoms with Gasteiger partial charge in [0.1, 0.15) is 5.82 Å². The normalized spacial score (nSPS) is 12.2. The number of hydrogen-bond acceptors (Lipinski definition) is 6. The molecule has 5 N–H and O–H groups in total. The molecule has 142 valence electrons. The van der Waals surface area contributed by atoms with Gasteiger partial charge >= 0.3 is 0 Å². The third kappa shape index (κ3) is 3.65.